The third-order valence-corrected chi connectivity index (χ3v) is 2.26. The molecule has 1 N–H and O–H groups in total. The van der Waals surface area contributed by atoms with E-state index in [2.05, 4.69) is 10.3 Å². The zero-order valence-electron chi connectivity index (χ0n) is 9.22. The molecule has 2 aromatic rings. The minimum Gasteiger partial charge on any atom is -0.321 e. The molecule has 1 amide bonds. The highest BCUT2D eigenvalue weighted by Crippen LogP contribution is 2.14. The first kappa shape index (κ1) is 11.7. The van der Waals surface area contributed by atoms with E-state index in [0.29, 0.717) is 11.3 Å². The second-order valence-electron chi connectivity index (χ2n) is 3.50. The van der Waals surface area contributed by atoms with E-state index in [0.717, 1.165) is 12.3 Å². The maximum absolute atomic E-state index is 12.9. The average Bonchev–Trinajstić information content (AvgIpc) is 2.39. The first-order valence-electron chi connectivity index (χ1n) is 5.12. The lowest BCUT2D eigenvalue weighted by atomic mass is 10.2. The molecule has 0 aliphatic carbocycles. The summed E-state index contributed by atoms with van der Waals surface area (Å²) in [6.07, 6.45) is 2.27. The van der Waals surface area contributed by atoms with Gasteiger partial charge in [-0.2, -0.15) is 5.26 Å². The van der Waals surface area contributed by atoms with Crippen molar-refractivity contribution in [3.63, 3.8) is 0 Å². The number of aromatic nitrogens is 1. The molecule has 0 saturated heterocycles. The summed E-state index contributed by atoms with van der Waals surface area (Å²) in [5.41, 5.74) is 0.826. The molecule has 4 nitrogen and oxygen atoms in total. The Labute approximate surface area is 103 Å². The van der Waals surface area contributed by atoms with Crippen molar-refractivity contribution in [3.8, 4) is 6.07 Å². The van der Waals surface area contributed by atoms with Crippen LogP contribution in [0.15, 0.2) is 42.7 Å². The number of anilines is 1. The molecule has 2 rings (SSSR count). The van der Waals surface area contributed by atoms with Gasteiger partial charge in [0.2, 0.25) is 0 Å². The highest BCUT2D eigenvalue weighted by atomic mass is 19.1. The van der Waals surface area contributed by atoms with Gasteiger partial charge in [-0.3, -0.25) is 9.78 Å². The van der Waals surface area contributed by atoms with Crippen molar-refractivity contribution in [1.29, 1.82) is 5.26 Å². The second-order valence-corrected chi connectivity index (χ2v) is 3.50. The van der Waals surface area contributed by atoms with Gasteiger partial charge in [0.15, 0.2) is 0 Å². The smallest absolute Gasteiger partial charge is 0.257 e. The fourth-order valence-corrected chi connectivity index (χ4v) is 1.42. The van der Waals surface area contributed by atoms with Gasteiger partial charge in [0.05, 0.1) is 23.0 Å². The summed E-state index contributed by atoms with van der Waals surface area (Å²) >= 11 is 0. The number of para-hydroxylation sites is 1. The van der Waals surface area contributed by atoms with Crippen LogP contribution in [0.3, 0.4) is 0 Å². The van der Waals surface area contributed by atoms with Gasteiger partial charge in [-0.05, 0) is 18.2 Å². The van der Waals surface area contributed by atoms with E-state index in [-0.39, 0.29) is 5.56 Å². The minimum atomic E-state index is -0.587. The summed E-state index contributed by atoms with van der Waals surface area (Å²) in [4.78, 5) is 15.4. The van der Waals surface area contributed by atoms with Crippen molar-refractivity contribution in [3.05, 3.63) is 59.7 Å². The normalized spacial score (nSPS) is 9.56. The molecule has 18 heavy (non-hydrogen) atoms. The van der Waals surface area contributed by atoms with E-state index < -0.39 is 11.7 Å². The second kappa shape index (κ2) is 5.06. The number of carbonyl (C=O) groups is 1. The number of nitriles is 1. The molecule has 0 atom stereocenters. The van der Waals surface area contributed by atoms with Crippen LogP contribution in [0.25, 0.3) is 0 Å². The van der Waals surface area contributed by atoms with Gasteiger partial charge in [0, 0.05) is 6.20 Å². The summed E-state index contributed by atoms with van der Waals surface area (Å²) in [5.74, 6) is -1.10. The van der Waals surface area contributed by atoms with Crippen LogP contribution < -0.4 is 5.32 Å². The molecule has 0 radical (unpaired) electrons. The van der Waals surface area contributed by atoms with E-state index in [4.69, 9.17) is 5.26 Å². The largest absolute Gasteiger partial charge is 0.321 e. The SMILES string of the molecule is N#Cc1ccccc1NC(=O)c1cncc(F)c1. The van der Waals surface area contributed by atoms with Crippen LogP contribution in [0.2, 0.25) is 0 Å². The predicted molar refractivity (Wildman–Crippen MR) is 63.3 cm³/mol. The minimum absolute atomic E-state index is 0.0998. The molecule has 0 aliphatic rings. The lowest BCUT2D eigenvalue weighted by molar-refractivity contribution is 0.102. The lowest BCUT2D eigenvalue weighted by Crippen LogP contribution is -2.13. The molecule has 0 aliphatic heterocycles. The quantitative estimate of drug-likeness (QED) is 0.877. The summed E-state index contributed by atoms with van der Waals surface area (Å²) in [7, 11) is 0. The fourth-order valence-electron chi connectivity index (χ4n) is 1.42. The number of benzene rings is 1. The number of carbonyl (C=O) groups excluding carboxylic acids is 1. The Hall–Kier alpha value is -2.74. The van der Waals surface area contributed by atoms with Gasteiger partial charge in [-0.1, -0.05) is 12.1 Å². The highest BCUT2D eigenvalue weighted by molar-refractivity contribution is 6.04. The molecule has 0 spiro atoms. The Morgan fingerprint density at radius 1 is 1.33 bits per heavy atom. The fraction of sp³-hybridized carbons (Fsp3) is 0. The molecule has 0 saturated carbocycles. The third kappa shape index (κ3) is 2.50. The highest BCUT2D eigenvalue weighted by Gasteiger charge is 2.09. The standard InChI is InChI=1S/C13H8FN3O/c14-11-5-10(7-16-8-11)13(18)17-12-4-2-1-3-9(12)6-15/h1-5,7-8H,(H,17,18). The molecule has 88 valence electrons. The summed E-state index contributed by atoms with van der Waals surface area (Å²) in [5, 5.41) is 11.4. The van der Waals surface area contributed by atoms with Crippen molar-refractivity contribution in [2.45, 2.75) is 0 Å². The van der Waals surface area contributed by atoms with Crippen molar-refractivity contribution in [2.75, 3.05) is 5.32 Å². The topological polar surface area (TPSA) is 65.8 Å². The van der Waals surface area contributed by atoms with Gasteiger partial charge in [-0.15, -0.1) is 0 Å². The Morgan fingerprint density at radius 3 is 2.83 bits per heavy atom. The predicted octanol–water partition coefficient (Wildman–Crippen LogP) is 2.34. The Bertz CT molecular complexity index is 634. The Kier molecular flexibility index (Phi) is 3.30. The molecule has 1 aromatic carbocycles. The monoisotopic (exact) mass is 241 g/mol. The maximum atomic E-state index is 12.9. The maximum Gasteiger partial charge on any atom is 0.257 e. The van der Waals surface area contributed by atoms with Gasteiger partial charge < -0.3 is 5.32 Å². The van der Waals surface area contributed by atoms with Crippen LogP contribution in [0, 0.1) is 17.1 Å². The van der Waals surface area contributed by atoms with Gasteiger partial charge in [0.25, 0.3) is 5.91 Å². The van der Waals surface area contributed by atoms with Crippen LogP contribution in [-0.4, -0.2) is 10.9 Å². The Morgan fingerprint density at radius 2 is 2.11 bits per heavy atom. The number of pyridine rings is 1. The molecular formula is C13H8FN3O. The number of hydrogen-bond donors (Lipinski definition) is 1. The molecule has 0 fully saturated rings. The van der Waals surface area contributed by atoms with Gasteiger partial charge in [-0.25, -0.2) is 4.39 Å². The summed E-state index contributed by atoms with van der Waals surface area (Å²) in [6.45, 7) is 0. The van der Waals surface area contributed by atoms with Crippen LogP contribution >= 0.6 is 0 Å². The van der Waals surface area contributed by atoms with E-state index >= 15 is 0 Å². The van der Waals surface area contributed by atoms with Gasteiger partial charge >= 0.3 is 0 Å². The first-order valence-corrected chi connectivity index (χ1v) is 5.12. The number of nitrogens with zero attached hydrogens (tertiary/aromatic N) is 2. The first-order chi connectivity index (χ1) is 8.70. The number of amides is 1. The van der Waals surface area contributed by atoms with Gasteiger partial charge in [0.1, 0.15) is 11.9 Å². The van der Waals surface area contributed by atoms with Crippen molar-refractivity contribution in [2.24, 2.45) is 0 Å². The summed E-state index contributed by atoms with van der Waals surface area (Å²) < 4.78 is 12.9. The van der Waals surface area contributed by atoms with Crippen LogP contribution in [0.4, 0.5) is 10.1 Å². The van der Waals surface area contributed by atoms with Crippen LogP contribution in [0.5, 0.6) is 0 Å². The number of nitrogens with one attached hydrogen (secondary N) is 1. The average molecular weight is 241 g/mol. The zero-order chi connectivity index (χ0) is 13.0. The molecule has 0 unspecified atom stereocenters. The lowest BCUT2D eigenvalue weighted by Gasteiger charge is -2.06. The van der Waals surface area contributed by atoms with Crippen molar-refractivity contribution < 1.29 is 9.18 Å². The third-order valence-electron chi connectivity index (χ3n) is 2.26. The molecule has 5 heteroatoms. The number of halogens is 1. The van der Waals surface area contributed by atoms with Crippen molar-refractivity contribution >= 4 is 11.6 Å². The van der Waals surface area contributed by atoms with E-state index in [1.54, 1.807) is 24.3 Å². The van der Waals surface area contributed by atoms with Crippen molar-refractivity contribution in [1.82, 2.24) is 4.98 Å². The van der Waals surface area contributed by atoms with Crippen LogP contribution in [-0.2, 0) is 0 Å². The Balaban J connectivity index is 2.25. The van der Waals surface area contributed by atoms with E-state index in [9.17, 15) is 9.18 Å². The number of rotatable bonds is 2. The zero-order valence-corrected chi connectivity index (χ0v) is 9.22. The number of hydrogen-bond acceptors (Lipinski definition) is 3. The van der Waals surface area contributed by atoms with E-state index in [1.807, 2.05) is 6.07 Å². The molecular weight excluding hydrogens is 233 g/mol. The molecule has 0 bridgehead atoms. The molecule has 1 heterocycles. The van der Waals surface area contributed by atoms with Crippen LogP contribution in [0.1, 0.15) is 15.9 Å². The molecule has 1 aromatic heterocycles. The summed E-state index contributed by atoms with van der Waals surface area (Å²) in [6, 6.07) is 9.61. The van der Waals surface area contributed by atoms with E-state index in [1.165, 1.54) is 6.20 Å².